The van der Waals surface area contributed by atoms with E-state index in [2.05, 4.69) is 5.32 Å². The molecule has 1 aliphatic rings. The first kappa shape index (κ1) is 15.8. The van der Waals surface area contributed by atoms with Crippen LogP contribution in [0.3, 0.4) is 0 Å². The predicted octanol–water partition coefficient (Wildman–Crippen LogP) is 2.32. The molecule has 1 aromatic carbocycles. The Kier molecular flexibility index (Phi) is 4.83. The maximum atomic E-state index is 14.2. The SMILES string of the molecule is CC(C)(C)C(=O)NCc1ccc(N2CCOCC2)c(F)c1. The largest absolute Gasteiger partial charge is 0.378 e. The molecular weight excluding hydrogens is 271 g/mol. The van der Waals surface area contributed by atoms with Crippen molar-refractivity contribution < 1.29 is 13.9 Å². The van der Waals surface area contributed by atoms with Gasteiger partial charge in [0.1, 0.15) is 5.82 Å². The number of ether oxygens (including phenoxy) is 1. The van der Waals surface area contributed by atoms with Gasteiger partial charge in [0, 0.05) is 25.0 Å². The summed E-state index contributed by atoms with van der Waals surface area (Å²) in [5.41, 5.74) is 0.929. The first-order valence-corrected chi connectivity index (χ1v) is 7.27. The fourth-order valence-electron chi connectivity index (χ4n) is 2.17. The summed E-state index contributed by atoms with van der Waals surface area (Å²) in [5.74, 6) is -0.292. The Labute approximate surface area is 125 Å². The van der Waals surface area contributed by atoms with Gasteiger partial charge in [-0.05, 0) is 17.7 Å². The van der Waals surface area contributed by atoms with Crippen LogP contribution in [0.25, 0.3) is 0 Å². The van der Waals surface area contributed by atoms with Crippen LogP contribution < -0.4 is 10.2 Å². The molecule has 5 heteroatoms. The smallest absolute Gasteiger partial charge is 0.225 e. The monoisotopic (exact) mass is 294 g/mol. The van der Waals surface area contributed by atoms with E-state index >= 15 is 0 Å². The van der Waals surface area contributed by atoms with E-state index in [1.807, 2.05) is 31.7 Å². The molecular formula is C16H23FN2O2. The first-order valence-electron chi connectivity index (χ1n) is 7.27. The van der Waals surface area contributed by atoms with Crippen molar-refractivity contribution in [1.29, 1.82) is 0 Å². The van der Waals surface area contributed by atoms with Crippen molar-refractivity contribution in [1.82, 2.24) is 5.32 Å². The Balaban J connectivity index is 2.00. The zero-order valence-corrected chi connectivity index (χ0v) is 12.9. The van der Waals surface area contributed by atoms with E-state index < -0.39 is 5.41 Å². The molecule has 1 N–H and O–H groups in total. The lowest BCUT2D eigenvalue weighted by Crippen LogP contribution is -2.37. The van der Waals surface area contributed by atoms with Crippen molar-refractivity contribution in [2.75, 3.05) is 31.2 Å². The molecule has 2 rings (SSSR count). The van der Waals surface area contributed by atoms with Crippen LogP contribution in [0.5, 0.6) is 0 Å². The van der Waals surface area contributed by atoms with Crippen molar-refractivity contribution in [2.24, 2.45) is 5.41 Å². The summed E-state index contributed by atoms with van der Waals surface area (Å²) in [5, 5.41) is 2.83. The van der Waals surface area contributed by atoms with Crippen LogP contribution in [-0.2, 0) is 16.1 Å². The van der Waals surface area contributed by atoms with Gasteiger partial charge < -0.3 is 15.0 Å². The van der Waals surface area contributed by atoms with E-state index in [9.17, 15) is 9.18 Å². The number of nitrogens with one attached hydrogen (secondary N) is 1. The van der Waals surface area contributed by atoms with E-state index in [0.717, 1.165) is 5.56 Å². The molecule has 21 heavy (non-hydrogen) atoms. The minimum Gasteiger partial charge on any atom is -0.378 e. The molecule has 1 amide bonds. The number of carbonyl (C=O) groups is 1. The molecule has 0 atom stereocenters. The Morgan fingerprint density at radius 2 is 2.00 bits per heavy atom. The van der Waals surface area contributed by atoms with Gasteiger partial charge in [-0.1, -0.05) is 26.8 Å². The van der Waals surface area contributed by atoms with Crippen molar-refractivity contribution in [3.8, 4) is 0 Å². The van der Waals surface area contributed by atoms with E-state index in [1.165, 1.54) is 6.07 Å². The van der Waals surface area contributed by atoms with Crippen LogP contribution in [0, 0.1) is 11.2 Å². The van der Waals surface area contributed by atoms with Crippen molar-refractivity contribution in [3.63, 3.8) is 0 Å². The van der Waals surface area contributed by atoms with Gasteiger partial charge in [0.05, 0.1) is 18.9 Å². The van der Waals surface area contributed by atoms with E-state index in [4.69, 9.17) is 4.74 Å². The number of nitrogens with zero attached hydrogens (tertiary/aromatic N) is 1. The second kappa shape index (κ2) is 6.43. The highest BCUT2D eigenvalue weighted by Gasteiger charge is 2.21. The van der Waals surface area contributed by atoms with Crippen molar-refractivity contribution in [2.45, 2.75) is 27.3 Å². The molecule has 0 unspecified atom stereocenters. The lowest BCUT2D eigenvalue weighted by Gasteiger charge is -2.29. The molecule has 0 aromatic heterocycles. The number of morpholine rings is 1. The molecule has 4 nitrogen and oxygen atoms in total. The number of carbonyl (C=O) groups excluding carboxylic acids is 1. The van der Waals surface area contributed by atoms with Gasteiger partial charge in [0.25, 0.3) is 0 Å². The molecule has 0 radical (unpaired) electrons. The van der Waals surface area contributed by atoms with Crippen molar-refractivity contribution >= 4 is 11.6 Å². The highest BCUT2D eigenvalue weighted by atomic mass is 19.1. The molecule has 1 aliphatic heterocycles. The van der Waals surface area contributed by atoms with Gasteiger partial charge in [-0.3, -0.25) is 4.79 Å². The number of halogens is 1. The molecule has 1 aromatic rings. The summed E-state index contributed by atoms with van der Waals surface area (Å²) >= 11 is 0. The molecule has 1 fully saturated rings. The lowest BCUT2D eigenvalue weighted by molar-refractivity contribution is -0.128. The fourth-order valence-corrected chi connectivity index (χ4v) is 2.17. The highest BCUT2D eigenvalue weighted by Crippen LogP contribution is 2.22. The van der Waals surface area contributed by atoms with E-state index in [-0.39, 0.29) is 11.7 Å². The number of rotatable bonds is 3. The van der Waals surface area contributed by atoms with Crippen LogP contribution in [0.15, 0.2) is 18.2 Å². The van der Waals surface area contributed by atoms with Gasteiger partial charge in [0.2, 0.25) is 5.91 Å². The average Bonchev–Trinajstić information content (AvgIpc) is 2.44. The van der Waals surface area contributed by atoms with E-state index in [0.29, 0.717) is 38.5 Å². The number of hydrogen-bond acceptors (Lipinski definition) is 3. The third-order valence-corrected chi connectivity index (χ3v) is 3.50. The molecule has 116 valence electrons. The van der Waals surface area contributed by atoms with Gasteiger partial charge in [0.15, 0.2) is 0 Å². The summed E-state index contributed by atoms with van der Waals surface area (Å²) in [6, 6.07) is 5.13. The molecule has 1 heterocycles. The number of benzene rings is 1. The van der Waals surface area contributed by atoms with Crippen LogP contribution in [0.4, 0.5) is 10.1 Å². The Hall–Kier alpha value is -1.62. The van der Waals surface area contributed by atoms with E-state index in [1.54, 1.807) is 6.07 Å². The second-order valence-corrected chi connectivity index (χ2v) is 6.32. The summed E-state index contributed by atoms with van der Waals surface area (Å²) in [7, 11) is 0. The Bertz CT molecular complexity index is 505. The minimum absolute atomic E-state index is 0.0415. The van der Waals surface area contributed by atoms with Crippen LogP contribution in [0.1, 0.15) is 26.3 Å². The maximum absolute atomic E-state index is 14.2. The Morgan fingerprint density at radius 1 is 1.33 bits per heavy atom. The average molecular weight is 294 g/mol. The molecule has 1 saturated heterocycles. The minimum atomic E-state index is -0.438. The van der Waals surface area contributed by atoms with Gasteiger partial charge in [-0.2, -0.15) is 0 Å². The zero-order chi connectivity index (χ0) is 15.5. The third kappa shape index (κ3) is 4.17. The van der Waals surface area contributed by atoms with Crippen LogP contribution in [-0.4, -0.2) is 32.2 Å². The van der Waals surface area contributed by atoms with Crippen LogP contribution in [0.2, 0.25) is 0 Å². The molecule has 0 bridgehead atoms. The highest BCUT2D eigenvalue weighted by molar-refractivity contribution is 5.81. The van der Waals surface area contributed by atoms with Gasteiger partial charge >= 0.3 is 0 Å². The van der Waals surface area contributed by atoms with Crippen molar-refractivity contribution in [3.05, 3.63) is 29.6 Å². The number of hydrogen-bond donors (Lipinski definition) is 1. The second-order valence-electron chi connectivity index (χ2n) is 6.32. The zero-order valence-electron chi connectivity index (χ0n) is 12.9. The number of amides is 1. The quantitative estimate of drug-likeness (QED) is 0.930. The maximum Gasteiger partial charge on any atom is 0.225 e. The lowest BCUT2D eigenvalue weighted by atomic mass is 9.95. The number of anilines is 1. The summed E-state index contributed by atoms with van der Waals surface area (Å²) in [4.78, 5) is 13.8. The van der Waals surface area contributed by atoms with Gasteiger partial charge in [-0.15, -0.1) is 0 Å². The van der Waals surface area contributed by atoms with Crippen LogP contribution >= 0.6 is 0 Å². The standard InChI is InChI=1S/C16H23FN2O2/c1-16(2,3)15(20)18-11-12-4-5-14(13(17)10-12)19-6-8-21-9-7-19/h4-5,10H,6-9,11H2,1-3H3,(H,18,20). The molecule has 0 aliphatic carbocycles. The predicted molar refractivity (Wildman–Crippen MR) is 80.7 cm³/mol. The third-order valence-electron chi connectivity index (χ3n) is 3.50. The topological polar surface area (TPSA) is 41.6 Å². The molecule has 0 spiro atoms. The Morgan fingerprint density at radius 3 is 2.57 bits per heavy atom. The fraction of sp³-hybridized carbons (Fsp3) is 0.562. The summed E-state index contributed by atoms with van der Waals surface area (Å²) < 4.78 is 19.5. The molecule has 0 saturated carbocycles. The van der Waals surface area contributed by atoms with Gasteiger partial charge in [-0.25, -0.2) is 4.39 Å². The summed E-state index contributed by atoms with van der Waals surface area (Å²) in [6.45, 7) is 8.56. The summed E-state index contributed by atoms with van der Waals surface area (Å²) in [6.07, 6.45) is 0. The normalized spacial score (nSPS) is 15.9. The first-order chi connectivity index (χ1) is 9.88.